The minimum atomic E-state index is -0.293. The Hall–Kier alpha value is -2.80. The van der Waals surface area contributed by atoms with Crippen molar-refractivity contribution in [3.05, 3.63) is 47.0 Å². The van der Waals surface area contributed by atoms with Gasteiger partial charge in [-0.15, -0.1) is 10.2 Å². The van der Waals surface area contributed by atoms with Crippen molar-refractivity contribution >= 4 is 44.7 Å². The van der Waals surface area contributed by atoms with E-state index in [1.54, 1.807) is 0 Å². The van der Waals surface area contributed by atoms with Gasteiger partial charge in [0, 0.05) is 12.3 Å². The normalized spacial score (nSPS) is 13.4. The second kappa shape index (κ2) is 8.69. The smallest absolute Gasteiger partial charge is 0.259 e. The summed E-state index contributed by atoms with van der Waals surface area (Å²) in [6.07, 6.45) is 6.07. The Morgan fingerprint density at radius 2 is 1.83 bits per heavy atom. The van der Waals surface area contributed by atoms with Gasteiger partial charge in [0.15, 0.2) is 0 Å². The molecule has 150 valence electrons. The fourth-order valence-corrected chi connectivity index (χ4v) is 3.98. The molecule has 1 saturated carbocycles. The fraction of sp³-hybridized carbons (Fsp3) is 0.364. The van der Waals surface area contributed by atoms with Crippen molar-refractivity contribution in [2.45, 2.75) is 45.4 Å². The molecule has 0 bridgehead atoms. The van der Waals surface area contributed by atoms with Crippen LogP contribution in [0.15, 0.2) is 36.4 Å². The van der Waals surface area contributed by atoms with Crippen LogP contribution in [0, 0.1) is 5.92 Å². The zero-order valence-electron chi connectivity index (χ0n) is 16.4. The number of rotatable bonds is 8. The highest BCUT2D eigenvalue weighted by atomic mass is 32.1. The minimum absolute atomic E-state index is 0.0246. The molecular weight excluding hydrogens is 384 g/mol. The minimum Gasteiger partial charge on any atom is -0.325 e. The monoisotopic (exact) mass is 408 g/mol. The lowest BCUT2D eigenvalue weighted by molar-refractivity contribution is -0.117. The van der Waals surface area contributed by atoms with Gasteiger partial charge in [-0.1, -0.05) is 55.4 Å². The van der Waals surface area contributed by atoms with Crippen LogP contribution >= 0.6 is 11.3 Å². The third-order valence-corrected chi connectivity index (χ3v) is 5.92. The average molecular weight is 409 g/mol. The second-order valence-corrected chi connectivity index (χ2v) is 8.48. The van der Waals surface area contributed by atoms with E-state index in [1.807, 2.05) is 36.4 Å². The van der Waals surface area contributed by atoms with Crippen molar-refractivity contribution in [3.63, 3.8) is 0 Å². The van der Waals surface area contributed by atoms with Crippen LogP contribution in [0.2, 0.25) is 0 Å². The van der Waals surface area contributed by atoms with Crippen molar-refractivity contribution in [1.82, 2.24) is 10.2 Å². The molecule has 1 aromatic heterocycles. The predicted molar refractivity (Wildman–Crippen MR) is 116 cm³/mol. The second-order valence-electron chi connectivity index (χ2n) is 7.42. The number of benzene rings is 2. The maximum absolute atomic E-state index is 13.0. The Bertz CT molecular complexity index is 1040. The molecule has 29 heavy (non-hydrogen) atoms. The van der Waals surface area contributed by atoms with Crippen LogP contribution in [0.4, 0.5) is 10.8 Å². The van der Waals surface area contributed by atoms with E-state index < -0.39 is 0 Å². The number of hydrogen-bond donors (Lipinski definition) is 2. The largest absolute Gasteiger partial charge is 0.325 e. The maximum atomic E-state index is 13.0. The maximum Gasteiger partial charge on any atom is 0.259 e. The quantitative estimate of drug-likeness (QED) is 0.512. The lowest BCUT2D eigenvalue weighted by Crippen LogP contribution is -2.19. The Morgan fingerprint density at radius 3 is 2.55 bits per heavy atom. The van der Waals surface area contributed by atoms with Gasteiger partial charge in [-0.3, -0.25) is 14.9 Å². The molecule has 0 unspecified atom stereocenters. The molecule has 1 aliphatic rings. The summed E-state index contributed by atoms with van der Waals surface area (Å²) in [7, 11) is 0. The summed E-state index contributed by atoms with van der Waals surface area (Å²) in [6, 6.07) is 11.5. The van der Waals surface area contributed by atoms with E-state index in [4.69, 9.17) is 0 Å². The van der Waals surface area contributed by atoms with E-state index in [0.29, 0.717) is 16.4 Å². The number of aromatic nitrogens is 2. The van der Waals surface area contributed by atoms with Gasteiger partial charge >= 0.3 is 0 Å². The third-order valence-electron chi connectivity index (χ3n) is 5.02. The van der Waals surface area contributed by atoms with Crippen LogP contribution in [-0.4, -0.2) is 22.0 Å². The van der Waals surface area contributed by atoms with E-state index in [-0.39, 0.29) is 17.7 Å². The van der Waals surface area contributed by atoms with Crippen molar-refractivity contribution in [2.24, 2.45) is 5.92 Å². The summed E-state index contributed by atoms with van der Waals surface area (Å²) in [6.45, 7) is 2.16. The molecule has 4 rings (SSSR count). The molecule has 1 heterocycles. The Labute approximate surface area is 173 Å². The number of carbonyl (C=O) groups excluding carboxylic acids is 2. The van der Waals surface area contributed by atoms with Crippen LogP contribution in [0.3, 0.4) is 0 Å². The number of fused-ring (bicyclic) bond motifs is 1. The number of hydrogen-bond acceptors (Lipinski definition) is 5. The molecule has 6 nitrogen and oxygen atoms in total. The topological polar surface area (TPSA) is 84.0 Å². The van der Waals surface area contributed by atoms with Crippen LogP contribution in [0.5, 0.6) is 0 Å². The zero-order chi connectivity index (χ0) is 20.2. The van der Waals surface area contributed by atoms with E-state index in [9.17, 15) is 9.59 Å². The summed E-state index contributed by atoms with van der Waals surface area (Å²) in [5, 5.41) is 17.4. The van der Waals surface area contributed by atoms with Gasteiger partial charge in [-0.2, -0.15) is 0 Å². The molecule has 0 radical (unpaired) electrons. The fourth-order valence-electron chi connectivity index (χ4n) is 3.21. The molecule has 1 fully saturated rings. The van der Waals surface area contributed by atoms with Gasteiger partial charge in [0.2, 0.25) is 11.0 Å². The van der Waals surface area contributed by atoms with Crippen LogP contribution in [0.1, 0.15) is 54.4 Å². The number of nitrogens with one attached hydrogen (secondary N) is 2. The van der Waals surface area contributed by atoms with E-state index in [2.05, 4.69) is 27.8 Å². The van der Waals surface area contributed by atoms with Crippen LogP contribution < -0.4 is 10.6 Å². The molecular formula is C22H24N4O2S. The van der Waals surface area contributed by atoms with E-state index in [1.165, 1.54) is 11.3 Å². The number of anilines is 2. The molecule has 7 heteroatoms. The molecule has 0 spiro atoms. The number of aryl methyl sites for hydroxylation is 1. The Balaban J connectivity index is 1.56. The number of nitrogens with zero attached hydrogens (tertiary/aromatic N) is 2. The van der Waals surface area contributed by atoms with Gasteiger partial charge in [-0.05, 0) is 42.2 Å². The zero-order valence-corrected chi connectivity index (χ0v) is 17.2. The van der Waals surface area contributed by atoms with Gasteiger partial charge < -0.3 is 5.32 Å². The molecule has 2 aromatic carbocycles. The molecule has 1 aliphatic carbocycles. The van der Waals surface area contributed by atoms with Gasteiger partial charge in [0.05, 0.1) is 11.3 Å². The highest BCUT2D eigenvalue weighted by molar-refractivity contribution is 7.15. The Kier molecular flexibility index (Phi) is 5.85. The van der Waals surface area contributed by atoms with Gasteiger partial charge in [0.1, 0.15) is 5.01 Å². The standard InChI is InChI=1S/C22H24N4O2S/c1-2-3-4-9-19-25-26-22(29-19)24-21(28)17-12-15-7-5-6-8-16(15)13-18(17)23-20(27)14-10-11-14/h5-8,12-14H,2-4,9-11H2,1H3,(H,23,27)(H,24,26,28). The molecule has 2 N–H and O–H groups in total. The van der Waals surface area contributed by atoms with Gasteiger partial charge in [-0.25, -0.2) is 0 Å². The lowest BCUT2D eigenvalue weighted by atomic mass is 10.0. The summed E-state index contributed by atoms with van der Waals surface area (Å²) < 4.78 is 0. The van der Waals surface area contributed by atoms with Crippen molar-refractivity contribution in [1.29, 1.82) is 0 Å². The van der Waals surface area contributed by atoms with Crippen molar-refractivity contribution in [2.75, 3.05) is 10.6 Å². The summed E-state index contributed by atoms with van der Waals surface area (Å²) >= 11 is 1.40. The first-order valence-electron chi connectivity index (χ1n) is 10.1. The SMILES string of the molecule is CCCCCc1nnc(NC(=O)c2cc3ccccc3cc2NC(=O)C2CC2)s1. The van der Waals surface area contributed by atoms with Gasteiger partial charge in [0.25, 0.3) is 5.91 Å². The summed E-state index contributed by atoms with van der Waals surface area (Å²) in [5.74, 6) is -0.257. The highest BCUT2D eigenvalue weighted by Crippen LogP contribution is 2.32. The summed E-state index contributed by atoms with van der Waals surface area (Å²) in [5.41, 5.74) is 0.964. The highest BCUT2D eigenvalue weighted by Gasteiger charge is 2.30. The van der Waals surface area contributed by atoms with E-state index in [0.717, 1.165) is 54.3 Å². The van der Waals surface area contributed by atoms with E-state index >= 15 is 0 Å². The molecule has 2 amide bonds. The first kappa shape index (κ1) is 19.5. The predicted octanol–water partition coefficient (Wildman–Crippen LogP) is 5.02. The third kappa shape index (κ3) is 4.79. The number of unbranched alkanes of at least 4 members (excludes halogenated alkanes) is 2. The first-order chi connectivity index (χ1) is 14.1. The first-order valence-corrected chi connectivity index (χ1v) is 10.9. The average Bonchev–Trinajstić information content (AvgIpc) is 3.49. The Morgan fingerprint density at radius 1 is 1.07 bits per heavy atom. The summed E-state index contributed by atoms with van der Waals surface area (Å²) in [4.78, 5) is 25.3. The van der Waals surface area contributed by atoms with Crippen LogP contribution in [-0.2, 0) is 11.2 Å². The molecule has 0 atom stereocenters. The number of carbonyl (C=O) groups is 2. The molecule has 0 aliphatic heterocycles. The number of amides is 2. The lowest BCUT2D eigenvalue weighted by Gasteiger charge is -2.12. The van der Waals surface area contributed by atoms with Crippen molar-refractivity contribution in [3.8, 4) is 0 Å². The van der Waals surface area contributed by atoms with Crippen LogP contribution in [0.25, 0.3) is 10.8 Å². The molecule has 0 saturated heterocycles. The molecule has 3 aromatic rings. The van der Waals surface area contributed by atoms with Crippen molar-refractivity contribution < 1.29 is 9.59 Å².